The van der Waals surface area contributed by atoms with Gasteiger partial charge in [0, 0.05) is 28.8 Å². The summed E-state index contributed by atoms with van der Waals surface area (Å²) < 4.78 is 78.2. The lowest BCUT2D eigenvalue weighted by atomic mass is 9.68. The van der Waals surface area contributed by atoms with Gasteiger partial charge in [0.15, 0.2) is 5.72 Å². The molecule has 3 N–H and O–H groups in total. The minimum absolute atomic E-state index is 0.101. The molecule has 0 radical (unpaired) electrons. The van der Waals surface area contributed by atoms with Crippen LogP contribution in [-0.2, 0) is 21.0 Å². The standard InChI is InChI=1S/C29H33F4N2O7P/c1-17-14-19(30)9-11-22(17)41-23-10-8-18(28(31,32)33)15-21(23)25(37)34-20-12-13-35(24(36)16-20)29(26(2,3)4,27(5,6)7)42-43(38,39)40/h8-16H,1-7H3,(H,34,37)(H2,38,39,40). The van der Waals surface area contributed by atoms with Crippen molar-refractivity contribution in [1.29, 1.82) is 0 Å². The summed E-state index contributed by atoms with van der Waals surface area (Å²) in [6, 6.07) is 7.97. The Labute approximate surface area is 245 Å². The number of anilines is 1. The molecule has 1 heterocycles. The van der Waals surface area contributed by atoms with Crippen LogP contribution in [0, 0.1) is 23.6 Å². The molecule has 234 valence electrons. The summed E-state index contributed by atoms with van der Waals surface area (Å²) in [6.07, 6.45) is -3.61. The number of amides is 1. The normalized spacial score (nSPS) is 13.1. The first kappa shape index (κ1) is 34.0. The Bertz CT molecular complexity index is 1620. The smallest absolute Gasteiger partial charge is 0.456 e. The third-order valence-electron chi connectivity index (χ3n) is 6.71. The number of carbonyl (C=O) groups excluding carboxylic acids is 1. The van der Waals surface area contributed by atoms with Crippen LogP contribution in [0.1, 0.15) is 63.0 Å². The molecular weight excluding hydrogens is 595 g/mol. The second-order valence-electron chi connectivity index (χ2n) is 12.0. The molecule has 0 unspecified atom stereocenters. The van der Waals surface area contributed by atoms with Crippen LogP contribution in [0.15, 0.2) is 59.5 Å². The zero-order chi connectivity index (χ0) is 32.8. The average molecular weight is 629 g/mol. The van der Waals surface area contributed by atoms with E-state index < -0.39 is 59.0 Å². The van der Waals surface area contributed by atoms with Crippen LogP contribution in [0.5, 0.6) is 11.5 Å². The molecule has 2 aromatic carbocycles. The van der Waals surface area contributed by atoms with Gasteiger partial charge in [0.25, 0.3) is 11.5 Å². The molecule has 0 aliphatic rings. The van der Waals surface area contributed by atoms with Crippen LogP contribution in [0.2, 0.25) is 0 Å². The SMILES string of the molecule is Cc1cc(F)ccc1Oc1ccc(C(F)(F)F)cc1C(=O)Nc1ccn(C(OP(=O)(O)O)(C(C)(C)C)C(C)(C)C)c(=O)c1. The fraction of sp³-hybridized carbons (Fsp3) is 0.379. The number of carbonyl (C=O) groups is 1. The number of nitrogens with zero attached hydrogens (tertiary/aromatic N) is 1. The van der Waals surface area contributed by atoms with Crippen LogP contribution in [0.3, 0.4) is 0 Å². The Morgan fingerprint density at radius 3 is 1.98 bits per heavy atom. The van der Waals surface area contributed by atoms with E-state index in [4.69, 9.17) is 9.26 Å². The van der Waals surface area contributed by atoms with E-state index >= 15 is 0 Å². The minimum atomic E-state index is -5.16. The zero-order valence-electron chi connectivity index (χ0n) is 24.5. The van der Waals surface area contributed by atoms with Crippen molar-refractivity contribution in [3.63, 3.8) is 0 Å². The summed E-state index contributed by atoms with van der Waals surface area (Å²) in [5.41, 5.74) is -6.30. The molecule has 0 aliphatic heterocycles. The number of phosphoric ester groups is 1. The number of hydrogen-bond donors (Lipinski definition) is 3. The molecule has 0 bridgehead atoms. The van der Waals surface area contributed by atoms with Gasteiger partial charge in [-0.3, -0.25) is 18.7 Å². The van der Waals surface area contributed by atoms with Crippen LogP contribution < -0.4 is 15.6 Å². The van der Waals surface area contributed by atoms with Gasteiger partial charge in [-0.15, -0.1) is 0 Å². The van der Waals surface area contributed by atoms with E-state index in [1.54, 1.807) is 41.5 Å². The predicted octanol–water partition coefficient (Wildman–Crippen LogP) is 7.21. The molecule has 0 saturated heterocycles. The quantitative estimate of drug-likeness (QED) is 0.186. The number of benzene rings is 2. The number of alkyl halides is 3. The summed E-state index contributed by atoms with van der Waals surface area (Å²) in [4.78, 5) is 46.3. The highest BCUT2D eigenvalue weighted by Crippen LogP contribution is 2.57. The molecule has 3 aromatic rings. The highest BCUT2D eigenvalue weighted by atomic mass is 31.2. The average Bonchev–Trinajstić information content (AvgIpc) is 2.82. The van der Waals surface area contributed by atoms with Gasteiger partial charge in [0.2, 0.25) is 0 Å². The largest absolute Gasteiger partial charge is 0.471 e. The summed E-state index contributed by atoms with van der Waals surface area (Å²) in [7, 11) is -5.16. The fourth-order valence-electron chi connectivity index (χ4n) is 5.17. The van der Waals surface area contributed by atoms with Crippen molar-refractivity contribution in [3.8, 4) is 11.5 Å². The third-order valence-corrected chi connectivity index (χ3v) is 7.21. The number of aromatic nitrogens is 1. The van der Waals surface area contributed by atoms with Crippen LogP contribution >= 0.6 is 7.82 Å². The number of halogens is 4. The van der Waals surface area contributed by atoms with Crippen molar-refractivity contribution in [2.75, 3.05) is 5.32 Å². The van der Waals surface area contributed by atoms with Gasteiger partial charge >= 0.3 is 14.0 Å². The molecule has 0 fully saturated rings. The molecular formula is C29H33F4N2O7P. The van der Waals surface area contributed by atoms with Gasteiger partial charge in [-0.2, -0.15) is 13.2 Å². The summed E-state index contributed by atoms with van der Waals surface area (Å²) in [5.74, 6) is -1.77. The van der Waals surface area contributed by atoms with Gasteiger partial charge in [-0.1, -0.05) is 41.5 Å². The van der Waals surface area contributed by atoms with Gasteiger partial charge in [0.05, 0.1) is 11.1 Å². The molecule has 0 spiro atoms. The van der Waals surface area contributed by atoms with Crippen LogP contribution in [-0.4, -0.2) is 20.3 Å². The second-order valence-corrected chi connectivity index (χ2v) is 13.2. The van der Waals surface area contributed by atoms with Crippen molar-refractivity contribution in [1.82, 2.24) is 4.57 Å². The van der Waals surface area contributed by atoms with Gasteiger partial charge in [-0.05, 0) is 55.0 Å². The highest BCUT2D eigenvalue weighted by molar-refractivity contribution is 7.46. The molecule has 14 heteroatoms. The van der Waals surface area contributed by atoms with E-state index in [9.17, 15) is 41.5 Å². The lowest BCUT2D eigenvalue weighted by Gasteiger charge is -2.53. The van der Waals surface area contributed by atoms with Gasteiger partial charge in [0.1, 0.15) is 17.3 Å². The van der Waals surface area contributed by atoms with E-state index in [-0.39, 0.29) is 17.2 Å². The first-order valence-corrected chi connectivity index (χ1v) is 14.5. The lowest BCUT2D eigenvalue weighted by molar-refractivity contribution is -0.193. The first-order chi connectivity index (χ1) is 19.5. The summed E-state index contributed by atoms with van der Waals surface area (Å²) >= 11 is 0. The number of phosphoric acid groups is 1. The van der Waals surface area contributed by atoms with E-state index in [0.717, 1.165) is 34.9 Å². The van der Waals surface area contributed by atoms with Crippen molar-refractivity contribution in [2.24, 2.45) is 10.8 Å². The fourth-order valence-corrected chi connectivity index (χ4v) is 6.15. The maximum atomic E-state index is 13.5. The first-order valence-electron chi connectivity index (χ1n) is 12.9. The monoisotopic (exact) mass is 628 g/mol. The van der Waals surface area contributed by atoms with Gasteiger partial charge in [-0.25, -0.2) is 8.96 Å². The van der Waals surface area contributed by atoms with Crippen molar-refractivity contribution in [2.45, 2.75) is 60.4 Å². The molecule has 0 saturated carbocycles. The number of rotatable bonds is 7. The Balaban J connectivity index is 2.09. The summed E-state index contributed by atoms with van der Waals surface area (Å²) in [6.45, 7) is 11.3. The molecule has 1 amide bonds. The second kappa shape index (κ2) is 11.5. The Morgan fingerprint density at radius 1 is 0.907 bits per heavy atom. The van der Waals surface area contributed by atoms with Gasteiger partial charge < -0.3 is 19.8 Å². The molecule has 0 aliphatic carbocycles. The molecule has 0 atom stereocenters. The number of aryl methyl sites for hydroxylation is 1. The topological polar surface area (TPSA) is 127 Å². The molecule has 43 heavy (non-hydrogen) atoms. The van der Waals surface area contributed by atoms with E-state index in [2.05, 4.69) is 5.32 Å². The minimum Gasteiger partial charge on any atom is -0.456 e. The molecule has 9 nitrogen and oxygen atoms in total. The maximum Gasteiger partial charge on any atom is 0.471 e. The van der Waals surface area contributed by atoms with Crippen LogP contribution in [0.25, 0.3) is 0 Å². The predicted molar refractivity (Wildman–Crippen MR) is 151 cm³/mol. The lowest BCUT2D eigenvalue weighted by Crippen LogP contribution is -2.59. The Hall–Kier alpha value is -3.51. The highest BCUT2D eigenvalue weighted by Gasteiger charge is 2.57. The summed E-state index contributed by atoms with van der Waals surface area (Å²) in [5, 5.41) is 2.38. The third kappa shape index (κ3) is 7.35. The van der Waals surface area contributed by atoms with Crippen molar-refractivity contribution >= 4 is 19.4 Å². The maximum absolute atomic E-state index is 13.5. The number of pyridine rings is 1. The Kier molecular flexibility index (Phi) is 9.11. The van der Waals surface area contributed by atoms with Crippen molar-refractivity contribution < 1.29 is 46.0 Å². The van der Waals surface area contributed by atoms with Crippen LogP contribution in [0.4, 0.5) is 23.2 Å². The van der Waals surface area contributed by atoms with E-state index in [1.165, 1.54) is 25.3 Å². The zero-order valence-corrected chi connectivity index (χ0v) is 25.4. The van der Waals surface area contributed by atoms with E-state index in [1.807, 2.05) is 0 Å². The molecule has 3 rings (SSSR count). The Morgan fingerprint density at radius 2 is 1.49 bits per heavy atom. The van der Waals surface area contributed by atoms with Crippen molar-refractivity contribution in [3.05, 3.63) is 87.6 Å². The number of ether oxygens (including phenoxy) is 1. The van der Waals surface area contributed by atoms with E-state index in [0.29, 0.717) is 11.6 Å². The number of nitrogens with one attached hydrogen (secondary N) is 1. The molecule has 1 aromatic heterocycles. The number of hydrogen-bond acceptors (Lipinski definition) is 5.